The summed E-state index contributed by atoms with van der Waals surface area (Å²) in [6.07, 6.45) is 0. The Morgan fingerprint density at radius 2 is 1.52 bits per heavy atom. The molecule has 25 heavy (non-hydrogen) atoms. The van der Waals surface area contributed by atoms with Gasteiger partial charge in [-0.3, -0.25) is 0 Å². The summed E-state index contributed by atoms with van der Waals surface area (Å²) in [5.41, 5.74) is 2.97. The molecule has 3 aromatic rings. The minimum atomic E-state index is 0.482. The van der Waals surface area contributed by atoms with Gasteiger partial charge in [-0.05, 0) is 53.6 Å². The molecule has 0 aliphatic heterocycles. The zero-order valence-corrected chi connectivity index (χ0v) is 15.6. The molecule has 0 aliphatic carbocycles. The normalized spacial score (nSPS) is 10.5. The first kappa shape index (κ1) is 17.9. The van der Waals surface area contributed by atoms with E-state index >= 15 is 0 Å². The Labute approximate surface area is 162 Å². The van der Waals surface area contributed by atoms with Crippen molar-refractivity contribution in [1.82, 2.24) is 0 Å². The fraction of sp³-hybridized carbons (Fsp3) is 0.100. The Morgan fingerprint density at radius 1 is 0.760 bits per heavy atom. The van der Waals surface area contributed by atoms with Crippen LogP contribution in [0.5, 0.6) is 5.75 Å². The van der Waals surface area contributed by atoms with Gasteiger partial charge in [0.05, 0.1) is 10.7 Å². The molecule has 2 nitrogen and oxygen atoms in total. The molecule has 0 saturated heterocycles. The number of hydrogen-bond acceptors (Lipinski definition) is 2. The van der Waals surface area contributed by atoms with Crippen LogP contribution in [-0.4, -0.2) is 0 Å². The van der Waals surface area contributed by atoms with E-state index in [1.54, 1.807) is 12.1 Å². The molecule has 3 rings (SSSR count). The Balaban J connectivity index is 1.56. The van der Waals surface area contributed by atoms with Gasteiger partial charge in [0, 0.05) is 16.6 Å². The van der Waals surface area contributed by atoms with E-state index < -0.39 is 0 Å². The Bertz CT molecular complexity index is 850. The fourth-order valence-corrected chi connectivity index (χ4v) is 2.90. The standard InChI is InChI=1S/C20H16Cl3NO/c21-16-3-1-2-15(10-16)13-25-18-7-4-14(5-8-18)12-24-20-11-17(22)6-9-19(20)23/h1-11,24H,12-13H2. The maximum atomic E-state index is 6.15. The van der Waals surface area contributed by atoms with Gasteiger partial charge >= 0.3 is 0 Å². The van der Waals surface area contributed by atoms with Gasteiger partial charge < -0.3 is 10.1 Å². The molecule has 0 aliphatic rings. The van der Waals surface area contributed by atoms with Gasteiger partial charge in [0.15, 0.2) is 0 Å². The maximum absolute atomic E-state index is 6.15. The third-order valence-electron chi connectivity index (χ3n) is 3.63. The van der Waals surface area contributed by atoms with Gasteiger partial charge in [0.1, 0.15) is 12.4 Å². The first-order chi connectivity index (χ1) is 12.1. The minimum Gasteiger partial charge on any atom is -0.489 e. The number of halogens is 3. The Hall–Kier alpha value is -1.87. The monoisotopic (exact) mass is 391 g/mol. The second-order valence-electron chi connectivity index (χ2n) is 5.54. The highest BCUT2D eigenvalue weighted by molar-refractivity contribution is 6.35. The molecule has 0 heterocycles. The fourth-order valence-electron chi connectivity index (χ4n) is 2.33. The number of benzene rings is 3. The summed E-state index contributed by atoms with van der Waals surface area (Å²) in [6.45, 7) is 1.13. The zero-order chi connectivity index (χ0) is 17.6. The van der Waals surface area contributed by atoms with Crippen molar-refractivity contribution in [3.05, 3.63) is 92.9 Å². The SMILES string of the molecule is Clc1cccc(COc2ccc(CNc3cc(Cl)ccc3Cl)cc2)c1. The predicted octanol–water partition coefficient (Wildman–Crippen LogP) is 6.84. The lowest BCUT2D eigenvalue weighted by molar-refractivity contribution is 0.306. The van der Waals surface area contributed by atoms with Crippen molar-refractivity contribution >= 4 is 40.5 Å². The second-order valence-corrected chi connectivity index (χ2v) is 6.82. The highest BCUT2D eigenvalue weighted by atomic mass is 35.5. The van der Waals surface area contributed by atoms with Gasteiger partial charge in [-0.25, -0.2) is 0 Å². The van der Waals surface area contributed by atoms with Gasteiger partial charge in [0.25, 0.3) is 0 Å². The average molecular weight is 393 g/mol. The molecule has 0 saturated carbocycles. The predicted molar refractivity (Wildman–Crippen MR) is 106 cm³/mol. The van der Waals surface area contributed by atoms with Crippen LogP contribution in [0.2, 0.25) is 15.1 Å². The van der Waals surface area contributed by atoms with E-state index in [9.17, 15) is 0 Å². The molecule has 0 unspecified atom stereocenters. The maximum Gasteiger partial charge on any atom is 0.119 e. The van der Waals surface area contributed by atoms with Crippen molar-refractivity contribution < 1.29 is 4.74 Å². The highest BCUT2D eigenvalue weighted by Crippen LogP contribution is 2.26. The van der Waals surface area contributed by atoms with E-state index in [-0.39, 0.29) is 0 Å². The van der Waals surface area contributed by atoms with E-state index in [1.165, 1.54) is 0 Å². The Morgan fingerprint density at radius 3 is 2.28 bits per heavy atom. The lowest BCUT2D eigenvalue weighted by atomic mass is 10.2. The summed E-state index contributed by atoms with van der Waals surface area (Å²) in [7, 11) is 0. The Kier molecular flexibility index (Phi) is 6.09. The molecule has 0 radical (unpaired) electrons. The smallest absolute Gasteiger partial charge is 0.119 e. The van der Waals surface area contributed by atoms with E-state index in [1.807, 2.05) is 54.6 Å². The molecule has 0 amide bonds. The van der Waals surface area contributed by atoms with Gasteiger partial charge in [-0.1, -0.05) is 59.1 Å². The summed E-state index contributed by atoms with van der Waals surface area (Å²) >= 11 is 18.1. The molecule has 0 spiro atoms. The second kappa shape index (κ2) is 8.48. The number of nitrogens with one attached hydrogen (secondary N) is 1. The molecule has 5 heteroatoms. The molecule has 0 fully saturated rings. The highest BCUT2D eigenvalue weighted by Gasteiger charge is 2.02. The minimum absolute atomic E-state index is 0.482. The largest absolute Gasteiger partial charge is 0.489 e. The van der Waals surface area contributed by atoms with E-state index in [4.69, 9.17) is 39.5 Å². The number of ether oxygens (including phenoxy) is 1. The summed E-state index contributed by atoms with van der Waals surface area (Å²) in [5.74, 6) is 0.810. The summed E-state index contributed by atoms with van der Waals surface area (Å²) in [4.78, 5) is 0. The van der Waals surface area contributed by atoms with Crippen molar-refractivity contribution in [3.8, 4) is 5.75 Å². The summed E-state index contributed by atoms with van der Waals surface area (Å²) < 4.78 is 5.78. The van der Waals surface area contributed by atoms with Crippen LogP contribution in [0.4, 0.5) is 5.69 Å². The van der Waals surface area contributed by atoms with Crippen LogP contribution in [0, 0.1) is 0 Å². The van der Waals surface area contributed by atoms with E-state index in [0.717, 1.165) is 22.6 Å². The first-order valence-electron chi connectivity index (χ1n) is 7.75. The molecule has 0 bridgehead atoms. The number of hydrogen-bond donors (Lipinski definition) is 1. The van der Waals surface area contributed by atoms with Gasteiger partial charge in [-0.2, -0.15) is 0 Å². The number of anilines is 1. The van der Waals surface area contributed by atoms with Crippen molar-refractivity contribution in [1.29, 1.82) is 0 Å². The van der Waals surface area contributed by atoms with Gasteiger partial charge in [-0.15, -0.1) is 0 Å². The number of rotatable bonds is 6. The third-order valence-corrected chi connectivity index (χ3v) is 4.43. The van der Waals surface area contributed by atoms with Crippen LogP contribution in [-0.2, 0) is 13.2 Å². The van der Waals surface area contributed by atoms with E-state index in [0.29, 0.717) is 28.2 Å². The van der Waals surface area contributed by atoms with Crippen LogP contribution in [0.25, 0.3) is 0 Å². The molecule has 3 aromatic carbocycles. The van der Waals surface area contributed by atoms with Crippen LogP contribution >= 0.6 is 34.8 Å². The van der Waals surface area contributed by atoms with Gasteiger partial charge in [0.2, 0.25) is 0 Å². The average Bonchev–Trinajstić information content (AvgIpc) is 2.62. The van der Waals surface area contributed by atoms with Crippen molar-refractivity contribution in [2.24, 2.45) is 0 Å². The molecule has 128 valence electrons. The topological polar surface area (TPSA) is 21.3 Å². The van der Waals surface area contributed by atoms with Crippen molar-refractivity contribution in [2.75, 3.05) is 5.32 Å². The van der Waals surface area contributed by atoms with Crippen LogP contribution in [0.1, 0.15) is 11.1 Å². The van der Waals surface area contributed by atoms with E-state index in [2.05, 4.69) is 5.32 Å². The summed E-state index contributed by atoms with van der Waals surface area (Å²) in [6, 6.07) is 20.9. The third kappa shape index (κ3) is 5.30. The molecular formula is C20H16Cl3NO. The lowest BCUT2D eigenvalue weighted by Crippen LogP contribution is -2.00. The van der Waals surface area contributed by atoms with Crippen LogP contribution < -0.4 is 10.1 Å². The molecular weight excluding hydrogens is 377 g/mol. The molecule has 0 atom stereocenters. The van der Waals surface area contributed by atoms with Crippen LogP contribution in [0.15, 0.2) is 66.7 Å². The first-order valence-corrected chi connectivity index (χ1v) is 8.89. The quantitative estimate of drug-likeness (QED) is 0.496. The van der Waals surface area contributed by atoms with Crippen molar-refractivity contribution in [3.63, 3.8) is 0 Å². The summed E-state index contributed by atoms with van der Waals surface area (Å²) in [5, 5.41) is 5.29. The van der Waals surface area contributed by atoms with Crippen LogP contribution in [0.3, 0.4) is 0 Å². The zero-order valence-electron chi connectivity index (χ0n) is 13.3. The molecule has 0 aromatic heterocycles. The lowest BCUT2D eigenvalue weighted by Gasteiger charge is -2.10. The van der Waals surface area contributed by atoms with Crippen molar-refractivity contribution in [2.45, 2.75) is 13.2 Å². The molecule has 1 N–H and O–H groups in total.